The zero-order valence-electron chi connectivity index (χ0n) is 16.8. The van der Waals surface area contributed by atoms with E-state index in [0.29, 0.717) is 39.5 Å². The normalized spacial score (nSPS) is 11.8. The van der Waals surface area contributed by atoms with Crippen LogP contribution in [0.1, 0.15) is 31.4 Å². The number of hydrogen-bond acceptors (Lipinski definition) is 5. The van der Waals surface area contributed by atoms with E-state index in [0.717, 1.165) is 17.7 Å². The quantitative estimate of drug-likeness (QED) is 0.382. The monoisotopic (exact) mass is 386 g/mol. The van der Waals surface area contributed by atoms with Crippen molar-refractivity contribution < 1.29 is 23.7 Å². The highest BCUT2D eigenvalue weighted by molar-refractivity contribution is 5.75. The molecule has 1 unspecified atom stereocenters. The number of ether oxygens (including phenoxy) is 4. The van der Waals surface area contributed by atoms with Crippen LogP contribution in [0.25, 0.3) is 0 Å². The zero-order valence-corrected chi connectivity index (χ0v) is 16.8. The van der Waals surface area contributed by atoms with Gasteiger partial charge in [-0.2, -0.15) is 0 Å². The van der Waals surface area contributed by atoms with Crippen molar-refractivity contribution >= 4 is 5.97 Å². The van der Waals surface area contributed by atoms with Gasteiger partial charge in [0, 0.05) is 19.4 Å². The maximum Gasteiger partial charge on any atom is 0.335 e. The molecule has 2 aromatic rings. The first-order valence-electron chi connectivity index (χ1n) is 9.84. The van der Waals surface area contributed by atoms with E-state index in [4.69, 9.17) is 18.9 Å². The largest absolute Gasteiger partial charge is 0.494 e. The molecule has 0 aliphatic carbocycles. The second-order valence-electron chi connectivity index (χ2n) is 6.28. The van der Waals surface area contributed by atoms with Gasteiger partial charge in [-0.25, -0.2) is 4.79 Å². The van der Waals surface area contributed by atoms with Gasteiger partial charge in [0.2, 0.25) is 0 Å². The Balaban J connectivity index is 1.68. The number of rotatable bonds is 13. The summed E-state index contributed by atoms with van der Waals surface area (Å²) >= 11 is 0. The number of carbonyl (C=O) groups excluding carboxylic acids is 1. The van der Waals surface area contributed by atoms with Gasteiger partial charge in [-0.3, -0.25) is 0 Å². The molecule has 0 radical (unpaired) electrons. The zero-order chi connectivity index (χ0) is 20.0. The molecule has 5 heteroatoms. The van der Waals surface area contributed by atoms with Crippen LogP contribution in [-0.2, 0) is 32.0 Å². The van der Waals surface area contributed by atoms with E-state index < -0.39 is 6.10 Å². The fourth-order valence-electron chi connectivity index (χ4n) is 2.70. The lowest BCUT2D eigenvalue weighted by molar-refractivity contribution is -0.156. The van der Waals surface area contributed by atoms with Gasteiger partial charge >= 0.3 is 5.97 Å². The summed E-state index contributed by atoms with van der Waals surface area (Å²) in [6, 6.07) is 17.8. The second-order valence-corrected chi connectivity index (χ2v) is 6.28. The van der Waals surface area contributed by atoms with Gasteiger partial charge in [-0.05, 0) is 37.1 Å². The molecule has 1 atom stereocenters. The van der Waals surface area contributed by atoms with Crippen LogP contribution in [0, 0.1) is 0 Å². The highest BCUT2D eigenvalue weighted by Crippen LogP contribution is 2.15. The van der Waals surface area contributed by atoms with E-state index in [1.54, 1.807) is 6.92 Å². The molecular formula is C23H30O5. The average molecular weight is 386 g/mol. The van der Waals surface area contributed by atoms with Crippen LogP contribution in [-0.4, -0.2) is 38.5 Å². The van der Waals surface area contributed by atoms with E-state index >= 15 is 0 Å². The molecule has 0 heterocycles. The summed E-state index contributed by atoms with van der Waals surface area (Å²) in [6.45, 7) is 6.35. The Morgan fingerprint density at radius 2 is 1.64 bits per heavy atom. The molecule has 28 heavy (non-hydrogen) atoms. The first-order chi connectivity index (χ1) is 13.7. The van der Waals surface area contributed by atoms with E-state index in [1.807, 2.05) is 49.4 Å². The summed E-state index contributed by atoms with van der Waals surface area (Å²) in [5.74, 6) is 0.482. The predicted octanol–water partition coefficient (Wildman–Crippen LogP) is 4.18. The van der Waals surface area contributed by atoms with Crippen molar-refractivity contribution in [3.05, 3.63) is 65.7 Å². The minimum Gasteiger partial charge on any atom is -0.494 e. The molecule has 0 aromatic heterocycles. The first-order valence-corrected chi connectivity index (χ1v) is 9.84. The molecule has 2 aromatic carbocycles. The number of carbonyl (C=O) groups is 1. The molecule has 0 spiro atoms. The summed E-state index contributed by atoms with van der Waals surface area (Å²) in [6.07, 6.45) is 0.739. The van der Waals surface area contributed by atoms with Gasteiger partial charge in [-0.1, -0.05) is 42.5 Å². The molecule has 152 valence electrons. The maximum atomic E-state index is 11.9. The Kier molecular flexibility index (Phi) is 10.1. The van der Waals surface area contributed by atoms with Crippen molar-refractivity contribution in [3.63, 3.8) is 0 Å². The van der Waals surface area contributed by atoms with Gasteiger partial charge in [0.15, 0.2) is 6.10 Å². The standard InChI is InChI=1S/C23H30O5/c1-3-26-22(23(24)27-4-2)17-19-11-13-21(14-12-19)28-16-8-15-25-18-20-9-6-5-7-10-20/h5-7,9-14,22H,3-4,8,15-18H2,1-2H3. The summed E-state index contributed by atoms with van der Waals surface area (Å²) in [7, 11) is 0. The molecule has 0 amide bonds. The van der Waals surface area contributed by atoms with Gasteiger partial charge in [0.05, 0.1) is 26.4 Å². The number of hydrogen-bond donors (Lipinski definition) is 0. The minimum atomic E-state index is -0.571. The lowest BCUT2D eigenvalue weighted by Gasteiger charge is -2.15. The summed E-state index contributed by atoms with van der Waals surface area (Å²) in [5, 5.41) is 0. The maximum absolute atomic E-state index is 11.9. The number of benzene rings is 2. The first kappa shape index (κ1) is 21.9. The third-order valence-electron chi connectivity index (χ3n) is 4.08. The van der Waals surface area contributed by atoms with Gasteiger partial charge < -0.3 is 18.9 Å². The Bertz CT molecular complexity index is 669. The topological polar surface area (TPSA) is 54.0 Å². The number of esters is 1. The van der Waals surface area contributed by atoms with Gasteiger partial charge in [-0.15, -0.1) is 0 Å². The molecule has 0 fully saturated rings. The predicted molar refractivity (Wildman–Crippen MR) is 108 cm³/mol. The Hall–Kier alpha value is -2.37. The van der Waals surface area contributed by atoms with Crippen LogP contribution >= 0.6 is 0 Å². The van der Waals surface area contributed by atoms with Crippen molar-refractivity contribution in [2.24, 2.45) is 0 Å². The van der Waals surface area contributed by atoms with Crippen LogP contribution < -0.4 is 4.74 Å². The molecule has 0 aliphatic rings. The van der Waals surface area contributed by atoms with Gasteiger partial charge in [0.1, 0.15) is 5.75 Å². The molecule has 0 bridgehead atoms. The molecule has 0 saturated heterocycles. The Morgan fingerprint density at radius 1 is 0.893 bits per heavy atom. The highest BCUT2D eigenvalue weighted by Gasteiger charge is 2.20. The van der Waals surface area contributed by atoms with Crippen molar-refractivity contribution in [1.29, 1.82) is 0 Å². The van der Waals surface area contributed by atoms with Crippen LogP contribution in [0.5, 0.6) is 5.75 Å². The third kappa shape index (κ3) is 8.11. The average Bonchev–Trinajstić information content (AvgIpc) is 2.72. The summed E-state index contributed by atoms with van der Waals surface area (Å²) < 4.78 is 22.0. The van der Waals surface area contributed by atoms with E-state index in [2.05, 4.69) is 12.1 Å². The molecule has 0 N–H and O–H groups in total. The lowest BCUT2D eigenvalue weighted by atomic mass is 10.1. The van der Waals surface area contributed by atoms with E-state index in [1.165, 1.54) is 5.56 Å². The smallest absolute Gasteiger partial charge is 0.335 e. The van der Waals surface area contributed by atoms with Gasteiger partial charge in [0.25, 0.3) is 0 Å². The van der Waals surface area contributed by atoms with Crippen LogP contribution in [0.2, 0.25) is 0 Å². The fourth-order valence-corrected chi connectivity index (χ4v) is 2.70. The summed E-state index contributed by atoms with van der Waals surface area (Å²) in [5.41, 5.74) is 2.18. The molecule has 2 rings (SSSR count). The van der Waals surface area contributed by atoms with Crippen LogP contribution in [0.4, 0.5) is 0 Å². The Labute approximate surface area is 167 Å². The molecule has 5 nitrogen and oxygen atoms in total. The molecule has 0 saturated carbocycles. The fraction of sp³-hybridized carbons (Fsp3) is 0.435. The highest BCUT2D eigenvalue weighted by atomic mass is 16.6. The van der Waals surface area contributed by atoms with E-state index in [9.17, 15) is 4.79 Å². The SMILES string of the molecule is CCOC(=O)C(Cc1ccc(OCCCOCc2ccccc2)cc1)OCC. The van der Waals surface area contributed by atoms with E-state index in [-0.39, 0.29) is 5.97 Å². The minimum absolute atomic E-state index is 0.319. The van der Waals surface area contributed by atoms with Crippen molar-refractivity contribution in [2.45, 2.75) is 39.4 Å². The Morgan fingerprint density at radius 3 is 2.32 bits per heavy atom. The van der Waals surface area contributed by atoms with Crippen molar-refractivity contribution in [2.75, 3.05) is 26.4 Å². The molecule has 0 aliphatic heterocycles. The second kappa shape index (κ2) is 12.9. The van der Waals surface area contributed by atoms with Crippen LogP contribution in [0.3, 0.4) is 0 Å². The lowest BCUT2D eigenvalue weighted by Crippen LogP contribution is -2.28. The van der Waals surface area contributed by atoms with Crippen molar-refractivity contribution in [3.8, 4) is 5.75 Å². The summed E-state index contributed by atoms with van der Waals surface area (Å²) in [4.78, 5) is 11.9. The van der Waals surface area contributed by atoms with Crippen LogP contribution in [0.15, 0.2) is 54.6 Å². The third-order valence-corrected chi connectivity index (χ3v) is 4.08. The van der Waals surface area contributed by atoms with Crippen molar-refractivity contribution in [1.82, 2.24) is 0 Å². The molecular weight excluding hydrogens is 356 g/mol.